The van der Waals surface area contributed by atoms with Crippen LogP contribution in [0.25, 0.3) is 6.08 Å². The molecule has 8 nitrogen and oxygen atoms in total. The van der Waals surface area contributed by atoms with Gasteiger partial charge in [-0.05, 0) is 102 Å². The van der Waals surface area contributed by atoms with E-state index in [0.29, 0.717) is 16.8 Å². The molecule has 0 atom stereocenters. The standard InChI is InChI=1S/C26H18BrIN2O6/c1-2-35-22-14-15(3-12-21(22)36-25(33)16-4-6-17(27)7-5-16)13-20-23(31)29-26(34)30(24(20)32)19-10-8-18(28)9-11-19/h3-14H,2H2,1H3,(H,29,31,34)/b20-13+. The predicted octanol–water partition coefficient (Wildman–Crippen LogP) is 5.34. The lowest BCUT2D eigenvalue weighted by Crippen LogP contribution is -2.54. The minimum Gasteiger partial charge on any atom is -0.490 e. The molecule has 1 saturated heterocycles. The summed E-state index contributed by atoms with van der Waals surface area (Å²) in [4.78, 5) is 51.5. The SMILES string of the molecule is CCOc1cc(/C=C2\C(=O)NC(=O)N(c3ccc(I)cc3)C2=O)ccc1OC(=O)c1ccc(Br)cc1. The van der Waals surface area contributed by atoms with Gasteiger partial charge < -0.3 is 9.47 Å². The summed E-state index contributed by atoms with van der Waals surface area (Å²) in [7, 11) is 0. The van der Waals surface area contributed by atoms with Crippen LogP contribution >= 0.6 is 38.5 Å². The number of barbiturate groups is 1. The van der Waals surface area contributed by atoms with Crippen LogP contribution in [0.3, 0.4) is 0 Å². The van der Waals surface area contributed by atoms with Crippen LogP contribution in [0.2, 0.25) is 0 Å². The van der Waals surface area contributed by atoms with E-state index in [1.807, 2.05) is 0 Å². The van der Waals surface area contributed by atoms with E-state index in [9.17, 15) is 19.2 Å². The van der Waals surface area contributed by atoms with Gasteiger partial charge in [0, 0.05) is 8.04 Å². The number of nitrogens with one attached hydrogen (secondary N) is 1. The second-order valence-corrected chi connectivity index (χ2v) is 9.63. The number of esters is 1. The zero-order chi connectivity index (χ0) is 25.8. The van der Waals surface area contributed by atoms with Crippen molar-refractivity contribution in [2.75, 3.05) is 11.5 Å². The maximum Gasteiger partial charge on any atom is 0.343 e. The van der Waals surface area contributed by atoms with E-state index in [2.05, 4.69) is 43.8 Å². The number of halogens is 2. The Morgan fingerprint density at radius 1 is 1.00 bits per heavy atom. The first-order valence-electron chi connectivity index (χ1n) is 10.7. The van der Waals surface area contributed by atoms with Crippen LogP contribution < -0.4 is 19.7 Å². The number of carbonyl (C=O) groups is 4. The molecule has 3 aromatic rings. The zero-order valence-electron chi connectivity index (χ0n) is 18.8. The highest BCUT2D eigenvalue weighted by molar-refractivity contribution is 14.1. The van der Waals surface area contributed by atoms with Gasteiger partial charge in [0.25, 0.3) is 11.8 Å². The summed E-state index contributed by atoms with van der Waals surface area (Å²) < 4.78 is 12.9. The molecule has 0 saturated carbocycles. The molecule has 1 heterocycles. The van der Waals surface area contributed by atoms with E-state index >= 15 is 0 Å². The second kappa shape index (κ2) is 11.0. The van der Waals surface area contributed by atoms with Gasteiger partial charge in [-0.1, -0.05) is 22.0 Å². The third kappa shape index (κ3) is 5.65. The summed E-state index contributed by atoms with van der Waals surface area (Å²) in [5.74, 6) is -1.69. The number of amides is 4. The molecule has 1 aliphatic heterocycles. The molecule has 4 rings (SSSR count). The normalized spacial score (nSPS) is 14.6. The first-order chi connectivity index (χ1) is 17.3. The van der Waals surface area contributed by atoms with Crippen LogP contribution in [0, 0.1) is 3.57 Å². The molecule has 0 radical (unpaired) electrons. The van der Waals surface area contributed by atoms with Gasteiger partial charge in [0.2, 0.25) is 0 Å². The molecular formula is C26H18BrIN2O6. The Morgan fingerprint density at radius 2 is 1.69 bits per heavy atom. The quantitative estimate of drug-likeness (QED) is 0.126. The van der Waals surface area contributed by atoms with E-state index in [4.69, 9.17) is 9.47 Å². The van der Waals surface area contributed by atoms with Gasteiger partial charge >= 0.3 is 12.0 Å². The third-order valence-electron chi connectivity index (χ3n) is 5.05. The van der Waals surface area contributed by atoms with Crippen molar-refractivity contribution in [3.8, 4) is 11.5 Å². The van der Waals surface area contributed by atoms with Crippen LogP contribution in [0.5, 0.6) is 11.5 Å². The molecule has 36 heavy (non-hydrogen) atoms. The van der Waals surface area contributed by atoms with E-state index in [0.717, 1.165) is 12.9 Å². The lowest BCUT2D eigenvalue weighted by atomic mass is 10.1. The minimum atomic E-state index is -0.825. The highest BCUT2D eigenvalue weighted by atomic mass is 127. The molecule has 0 unspecified atom stereocenters. The first kappa shape index (κ1) is 25.6. The summed E-state index contributed by atoms with van der Waals surface area (Å²) in [6, 6.07) is 17.3. The molecule has 0 spiro atoms. The number of imide groups is 2. The predicted molar refractivity (Wildman–Crippen MR) is 145 cm³/mol. The summed E-state index contributed by atoms with van der Waals surface area (Å²) in [5, 5.41) is 2.20. The highest BCUT2D eigenvalue weighted by Crippen LogP contribution is 2.31. The Bertz CT molecular complexity index is 1390. The van der Waals surface area contributed by atoms with Crippen molar-refractivity contribution in [2.24, 2.45) is 0 Å². The Hall–Kier alpha value is -3.51. The number of nitrogens with zero attached hydrogens (tertiary/aromatic N) is 1. The van der Waals surface area contributed by atoms with Crippen molar-refractivity contribution in [1.29, 1.82) is 0 Å². The average Bonchev–Trinajstić information content (AvgIpc) is 2.85. The van der Waals surface area contributed by atoms with E-state index < -0.39 is 23.8 Å². The Labute approximate surface area is 228 Å². The van der Waals surface area contributed by atoms with Crippen LogP contribution in [-0.2, 0) is 9.59 Å². The summed E-state index contributed by atoms with van der Waals surface area (Å²) in [6.45, 7) is 2.06. The highest BCUT2D eigenvalue weighted by Gasteiger charge is 2.36. The number of hydrogen-bond acceptors (Lipinski definition) is 6. The number of ether oxygens (including phenoxy) is 2. The molecule has 1 N–H and O–H groups in total. The zero-order valence-corrected chi connectivity index (χ0v) is 22.5. The largest absolute Gasteiger partial charge is 0.490 e. The smallest absolute Gasteiger partial charge is 0.343 e. The number of benzene rings is 3. The second-order valence-electron chi connectivity index (χ2n) is 7.47. The molecular weight excluding hydrogens is 643 g/mol. The van der Waals surface area contributed by atoms with Crippen molar-refractivity contribution >= 4 is 74.1 Å². The molecule has 182 valence electrons. The van der Waals surface area contributed by atoms with Crippen molar-refractivity contribution in [2.45, 2.75) is 6.92 Å². The van der Waals surface area contributed by atoms with Gasteiger partial charge in [-0.2, -0.15) is 0 Å². The Balaban J connectivity index is 1.63. The van der Waals surface area contributed by atoms with Gasteiger partial charge in [-0.25, -0.2) is 14.5 Å². The molecule has 3 aromatic carbocycles. The summed E-state index contributed by atoms with van der Waals surface area (Å²) >= 11 is 5.43. The van der Waals surface area contributed by atoms with Crippen molar-refractivity contribution in [3.05, 3.63) is 91.5 Å². The fraction of sp³-hybridized carbons (Fsp3) is 0.0769. The van der Waals surface area contributed by atoms with E-state index in [-0.39, 0.29) is 23.7 Å². The van der Waals surface area contributed by atoms with Crippen LogP contribution in [0.15, 0.2) is 76.8 Å². The molecule has 10 heteroatoms. The van der Waals surface area contributed by atoms with Crippen molar-refractivity contribution in [1.82, 2.24) is 5.32 Å². The summed E-state index contributed by atoms with van der Waals surface area (Å²) in [5.41, 5.74) is 0.908. The maximum absolute atomic E-state index is 13.1. The minimum absolute atomic E-state index is 0.182. The van der Waals surface area contributed by atoms with Crippen molar-refractivity contribution < 1.29 is 28.7 Å². The summed E-state index contributed by atoms with van der Waals surface area (Å²) in [6.07, 6.45) is 1.35. The molecule has 0 bridgehead atoms. The lowest BCUT2D eigenvalue weighted by molar-refractivity contribution is -0.122. The molecule has 0 aliphatic carbocycles. The number of urea groups is 1. The fourth-order valence-electron chi connectivity index (χ4n) is 3.36. The van der Waals surface area contributed by atoms with Gasteiger partial charge in [0.1, 0.15) is 5.57 Å². The maximum atomic E-state index is 13.1. The van der Waals surface area contributed by atoms with E-state index in [1.165, 1.54) is 12.1 Å². The van der Waals surface area contributed by atoms with Gasteiger partial charge in [0.15, 0.2) is 11.5 Å². The first-order valence-corrected chi connectivity index (χ1v) is 12.6. The van der Waals surface area contributed by atoms with Crippen LogP contribution in [0.1, 0.15) is 22.8 Å². The topological polar surface area (TPSA) is 102 Å². The average molecular weight is 661 g/mol. The molecule has 1 aliphatic rings. The van der Waals surface area contributed by atoms with Crippen LogP contribution in [0.4, 0.5) is 10.5 Å². The van der Waals surface area contributed by atoms with Crippen LogP contribution in [-0.4, -0.2) is 30.4 Å². The Morgan fingerprint density at radius 3 is 2.36 bits per heavy atom. The fourth-order valence-corrected chi connectivity index (χ4v) is 3.98. The monoisotopic (exact) mass is 660 g/mol. The van der Waals surface area contributed by atoms with Gasteiger partial charge in [0.05, 0.1) is 17.9 Å². The number of anilines is 1. The number of carbonyl (C=O) groups excluding carboxylic acids is 4. The molecule has 1 fully saturated rings. The van der Waals surface area contributed by atoms with Gasteiger partial charge in [-0.3, -0.25) is 14.9 Å². The molecule has 0 aromatic heterocycles. The third-order valence-corrected chi connectivity index (χ3v) is 6.30. The van der Waals surface area contributed by atoms with E-state index in [1.54, 1.807) is 67.6 Å². The number of rotatable bonds is 6. The Kier molecular flexibility index (Phi) is 7.85. The number of hydrogen-bond donors (Lipinski definition) is 1. The lowest BCUT2D eigenvalue weighted by Gasteiger charge is -2.26. The van der Waals surface area contributed by atoms with Gasteiger partial charge in [-0.15, -0.1) is 0 Å². The molecule has 4 amide bonds. The van der Waals surface area contributed by atoms with Crippen molar-refractivity contribution in [3.63, 3.8) is 0 Å².